The third kappa shape index (κ3) is 4.52. The number of nitrogens with one attached hydrogen (secondary N) is 1. The second-order valence-corrected chi connectivity index (χ2v) is 6.63. The highest BCUT2D eigenvalue weighted by Crippen LogP contribution is 2.26. The first-order chi connectivity index (χ1) is 12.2. The number of rotatable bonds is 4. The fourth-order valence-corrected chi connectivity index (χ4v) is 3.22. The standard InChI is InChI=1S/C20H19ClN2O2/c21-16-6-4-5-14(11-16)19-10-9-18(25-19)12-15(13-22)20(24)23-17-7-2-1-3-8-17/h4-6,9-12,17H,1-3,7-8H2,(H,23,24)/b15-12+. The van der Waals surface area contributed by atoms with Gasteiger partial charge in [-0.05, 0) is 37.1 Å². The maximum atomic E-state index is 12.3. The zero-order valence-corrected chi connectivity index (χ0v) is 14.6. The van der Waals surface area contributed by atoms with Gasteiger partial charge in [0.2, 0.25) is 0 Å². The Kier molecular flexibility index (Phi) is 5.57. The van der Waals surface area contributed by atoms with Gasteiger partial charge in [0.05, 0.1) is 0 Å². The van der Waals surface area contributed by atoms with Gasteiger partial charge in [-0.25, -0.2) is 0 Å². The van der Waals surface area contributed by atoms with Crippen molar-refractivity contribution in [2.45, 2.75) is 38.1 Å². The molecule has 1 aliphatic rings. The molecule has 1 fully saturated rings. The molecule has 1 saturated carbocycles. The molecule has 25 heavy (non-hydrogen) atoms. The van der Waals surface area contributed by atoms with Crippen LogP contribution in [0.2, 0.25) is 5.02 Å². The quantitative estimate of drug-likeness (QED) is 0.623. The lowest BCUT2D eigenvalue weighted by Crippen LogP contribution is -2.36. The first-order valence-corrected chi connectivity index (χ1v) is 8.82. The van der Waals surface area contributed by atoms with Crippen molar-refractivity contribution in [3.63, 3.8) is 0 Å². The van der Waals surface area contributed by atoms with Gasteiger partial charge in [0, 0.05) is 22.7 Å². The van der Waals surface area contributed by atoms with Gasteiger partial charge in [-0.1, -0.05) is 43.0 Å². The van der Waals surface area contributed by atoms with Crippen LogP contribution in [0, 0.1) is 11.3 Å². The Morgan fingerprint density at radius 3 is 2.76 bits per heavy atom. The Bertz CT molecular complexity index is 826. The van der Waals surface area contributed by atoms with Crippen LogP contribution in [0.25, 0.3) is 17.4 Å². The van der Waals surface area contributed by atoms with Crippen molar-refractivity contribution in [1.29, 1.82) is 5.26 Å². The maximum absolute atomic E-state index is 12.3. The van der Waals surface area contributed by atoms with Crippen LogP contribution in [0.1, 0.15) is 37.9 Å². The number of halogens is 1. The zero-order valence-electron chi connectivity index (χ0n) is 13.8. The van der Waals surface area contributed by atoms with Gasteiger partial charge in [-0.15, -0.1) is 0 Å². The van der Waals surface area contributed by atoms with E-state index in [1.165, 1.54) is 12.5 Å². The normalized spacial score (nSPS) is 15.6. The van der Waals surface area contributed by atoms with Crippen molar-refractivity contribution in [3.05, 3.63) is 52.8 Å². The van der Waals surface area contributed by atoms with Gasteiger partial charge >= 0.3 is 0 Å². The average Bonchev–Trinajstić information content (AvgIpc) is 3.09. The fraction of sp³-hybridized carbons (Fsp3) is 0.300. The molecule has 0 saturated heterocycles. The molecule has 1 aromatic heterocycles. The molecular weight excluding hydrogens is 336 g/mol. The zero-order chi connectivity index (χ0) is 17.6. The van der Waals surface area contributed by atoms with Gasteiger partial charge in [0.25, 0.3) is 5.91 Å². The molecule has 1 N–H and O–H groups in total. The number of nitrogens with zero attached hydrogens (tertiary/aromatic N) is 1. The highest BCUT2D eigenvalue weighted by molar-refractivity contribution is 6.30. The van der Waals surface area contributed by atoms with Gasteiger partial charge in [0.1, 0.15) is 23.2 Å². The first-order valence-electron chi connectivity index (χ1n) is 8.44. The van der Waals surface area contributed by atoms with E-state index in [0.29, 0.717) is 16.5 Å². The van der Waals surface area contributed by atoms with Crippen LogP contribution in [-0.2, 0) is 4.79 Å². The highest BCUT2D eigenvalue weighted by Gasteiger charge is 2.18. The molecule has 0 bridgehead atoms. The van der Waals surface area contributed by atoms with E-state index in [1.54, 1.807) is 24.3 Å². The number of benzene rings is 1. The number of carbonyl (C=O) groups is 1. The van der Waals surface area contributed by atoms with Crippen molar-refractivity contribution in [2.24, 2.45) is 0 Å². The molecular formula is C20H19ClN2O2. The number of hydrogen-bond donors (Lipinski definition) is 1. The summed E-state index contributed by atoms with van der Waals surface area (Å²) in [4.78, 5) is 12.3. The second kappa shape index (κ2) is 8.04. The summed E-state index contributed by atoms with van der Waals surface area (Å²) in [6.07, 6.45) is 6.89. The largest absolute Gasteiger partial charge is 0.457 e. The van der Waals surface area contributed by atoms with Crippen molar-refractivity contribution in [1.82, 2.24) is 5.32 Å². The summed E-state index contributed by atoms with van der Waals surface area (Å²) in [5.41, 5.74) is 0.898. The van der Waals surface area contributed by atoms with Gasteiger partial charge < -0.3 is 9.73 Å². The Balaban J connectivity index is 1.74. The SMILES string of the molecule is N#C/C(=C\c1ccc(-c2cccc(Cl)c2)o1)C(=O)NC1CCCCC1. The van der Waals surface area contributed by atoms with Crippen LogP contribution in [-0.4, -0.2) is 11.9 Å². The summed E-state index contributed by atoms with van der Waals surface area (Å²) in [6, 6.07) is 13.0. The first kappa shape index (κ1) is 17.3. The van der Waals surface area contributed by atoms with E-state index in [4.69, 9.17) is 16.0 Å². The number of carbonyl (C=O) groups excluding carboxylic acids is 1. The minimum Gasteiger partial charge on any atom is -0.457 e. The van der Waals surface area contributed by atoms with Crippen molar-refractivity contribution in [2.75, 3.05) is 0 Å². The summed E-state index contributed by atoms with van der Waals surface area (Å²) in [6.45, 7) is 0. The molecule has 5 heteroatoms. The average molecular weight is 355 g/mol. The Morgan fingerprint density at radius 2 is 2.04 bits per heavy atom. The molecule has 0 spiro atoms. The third-order valence-corrected chi connectivity index (χ3v) is 4.56. The molecule has 4 nitrogen and oxygen atoms in total. The fourth-order valence-electron chi connectivity index (χ4n) is 3.03. The predicted molar refractivity (Wildman–Crippen MR) is 97.8 cm³/mol. The van der Waals surface area contributed by atoms with E-state index in [0.717, 1.165) is 31.2 Å². The van der Waals surface area contributed by atoms with Crippen LogP contribution < -0.4 is 5.32 Å². The van der Waals surface area contributed by atoms with Crippen LogP contribution in [0.15, 0.2) is 46.4 Å². The van der Waals surface area contributed by atoms with E-state index < -0.39 is 0 Å². The summed E-state index contributed by atoms with van der Waals surface area (Å²) >= 11 is 5.99. The topological polar surface area (TPSA) is 66.0 Å². The number of furan rings is 1. The molecule has 1 amide bonds. The molecule has 1 aromatic carbocycles. The summed E-state index contributed by atoms with van der Waals surface area (Å²) in [5, 5.41) is 12.9. The van der Waals surface area contributed by atoms with Crippen LogP contribution in [0.3, 0.4) is 0 Å². The van der Waals surface area contributed by atoms with Gasteiger partial charge in [-0.2, -0.15) is 5.26 Å². The minimum atomic E-state index is -0.338. The predicted octanol–water partition coefficient (Wildman–Crippen LogP) is 4.96. The Labute approximate surface area is 152 Å². The Hall–Kier alpha value is -2.51. The van der Waals surface area contributed by atoms with E-state index in [1.807, 2.05) is 18.2 Å². The minimum absolute atomic E-state index is 0.0533. The molecule has 128 valence electrons. The third-order valence-electron chi connectivity index (χ3n) is 4.33. The monoisotopic (exact) mass is 354 g/mol. The van der Waals surface area contributed by atoms with Crippen molar-refractivity contribution in [3.8, 4) is 17.4 Å². The lowest BCUT2D eigenvalue weighted by atomic mass is 9.95. The smallest absolute Gasteiger partial charge is 0.262 e. The number of hydrogen-bond acceptors (Lipinski definition) is 3. The maximum Gasteiger partial charge on any atom is 0.262 e. The van der Waals surface area contributed by atoms with Crippen LogP contribution in [0.5, 0.6) is 0 Å². The highest BCUT2D eigenvalue weighted by atomic mass is 35.5. The van der Waals surface area contributed by atoms with Crippen LogP contribution in [0.4, 0.5) is 0 Å². The van der Waals surface area contributed by atoms with Gasteiger partial charge in [-0.3, -0.25) is 4.79 Å². The summed E-state index contributed by atoms with van der Waals surface area (Å²) < 4.78 is 5.73. The van der Waals surface area contributed by atoms with E-state index in [2.05, 4.69) is 5.32 Å². The molecule has 2 aromatic rings. The van der Waals surface area contributed by atoms with Gasteiger partial charge in [0.15, 0.2) is 0 Å². The number of nitriles is 1. The molecule has 3 rings (SSSR count). The second-order valence-electron chi connectivity index (χ2n) is 6.19. The lowest BCUT2D eigenvalue weighted by Gasteiger charge is -2.22. The van der Waals surface area contributed by atoms with E-state index in [9.17, 15) is 10.1 Å². The van der Waals surface area contributed by atoms with E-state index >= 15 is 0 Å². The van der Waals surface area contributed by atoms with Crippen molar-refractivity contribution >= 4 is 23.6 Å². The molecule has 0 unspecified atom stereocenters. The summed E-state index contributed by atoms with van der Waals surface area (Å²) in [7, 11) is 0. The van der Waals surface area contributed by atoms with Crippen molar-refractivity contribution < 1.29 is 9.21 Å². The molecule has 1 aliphatic carbocycles. The molecule has 0 atom stereocenters. The van der Waals surface area contributed by atoms with E-state index in [-0.39, 0.29) is 17.5 Å². The lowest BCUT2D eigenvalue weighted by molar-refractivity contribution is -0.117. The summed E-state index contributed by atoms with van der Waals surface area (Å²) in [5.74, 6) is 0.763. The number of amides is 1. The molecule has 0 radical (unpaired) electrons. The molecule has 1 heterocycles. The molecule has 0 aliphatic heterocycles. The Morgan fingerprint density at radius 1 is 1.24 bits per heavy atom. The van der Waals surface area contributed by atoms with Crippen LogP contribution >= 0.6 is 11.6 Å².